The van der Waals surface area contributed by atoms with Gasteiger partial charge in [-0.05, 0) is 79.5 Å². The molecule has 0 spiro atoms. The average molecular weight is 491 g/mol. The minimum atomic E-state index is -4.75. The van der Waals surface area contributed by atoms with Gasteiger partial charge in [-0.3, -0.25) is 4.79 Å². The molecule has 4 rings (SSSR count). The Morgan fingerprint density at radius 1 is 1.06 bits per heavy atom. The lowest BCUT2D eigenvalue weighted by atomic mass is 9.92. The molecule has 2 heterocycles. The maximum Gasteiger partial charge on any atom is 0.573 e. The fourth-order valence-electron chi connectivity index (χ4n) is 3.95. The summed E-state index contributed by atoms with van der Waals surface area (Å²) in [5, 5.41) is 1.98. The van der Waals surface area contributed by atoms with Gasteiger partial charge in [0.25, 0.3) is 5.91 Å². The number of hydrogen-bond donors (Lipinski definition) is 0. The summed E-state index contributed by atoms with van der Waals surface area (Å²) < 4.78 is 47.4. The molecule has 1 aliphatic heterocycles. The summed E-state index contributed by atoms with van der Waals surface area (Å²) in [6.07, 6.45) is -4.02. The van der Waals surface area contributed by atoms with Crippen molar-refractivity contribution in [3.8, 4) is 11.5 Å². The molecule has 0 bridgehead atoms. The number of fused-ring (bicyclic) bond motifs is 1. The fraction of sp³-hybridized carbons (Fsp3) is 0.320. The zero-order valence-corrected chi connectivity index (χ0v) is 19.7. The van der Waals surface area contributed by atoms with E-state index in [0.717, 1.165) is 24.1 Å². The van der Waals surface area contributed by atoms with E-state index < -0.39 is 12.4 Å². The molecule has 1 amide bonds. The third-order valence-electron chi connectivity index (χ3n) is 5.56. The Labute approximate surface area is 200 Å². The molecule has 1 atom stereocenters. The van der Waals surface area contributed by atoms with Crippen molar-refractivity contribution in [2.24, 2.45) is 0 Å². The molecule has 9 heteroatoms. The Morgan fingerprint density at radius 2 is 1.74 bits per heavy atom. The van der Waals surface area contributed by atoms with Crippen molar-refractivity contribution in [3.05, 3.63) is 81.5 Å². The molecular formula is C25H25F3N2O3S. The Bertz CT molecular complexity index is 1110. The topological polar surface area (TPSA) is 42.0 Å². The normalized spacial score (nSPS) is 15.8. The summed E-state index contributed by atoms with van der Waals surface area (Å²) in [7, 11) is 3.94. The molecule has 180 valence electrons. The highest BCUT2D eigenvalue weighted by Crippen LogP contribution is 2.39. The number of nitrogens with zero attached hydrogens (tertiary/aromatic N) is 2. The molecule has 0 N–H and O–H groups in total. The van der Waals surface area contributed by atoms with Gasteiger partial charge in [-0.1, -0.05) is 12.1 Å². The molecule has 3 aromatic rings. The SMILES string of the molecule is CN(C)CCOc1ccc(C(=O)N2CCc3sccc3C2c2ccc(OC(F)(F)F)cc2)cc1. The molecule has 0 saturated carbocycles. The Kier molecular flexibility index (Phi) is 7.13. The van der Waals surface area contributed by atoms with Crippen LogP contribution in [0.3, 0.4) is 0 Å². The van der Waals surface area contributed by atoms with Crippen LogP contribution in [0, 0.1) is 0 Å². The number of amides is 1. The maximum absolute atomic E-state index is 13.5. The van der Waals surface area contributed by atoms with E-state index in [4.69, 9.17) is 4.74 Å². The molecule has 1 aromatic heterocycles. The van der Waals surface area contributed by atoms with Crippen LogP contribution < -0.4 is 9.47 Å². The molecule has 0 radical (unpaired) electrons. The quantitative estimate of drug-likeness (QED) is 0.446. The lowest BCUT2D eigenvalue weighted by molar-refractivity contribution is -0.274. The third kappa shape index (κ3) is 5.71. The standard InChI is InChI=1S/C25H25F3N2O3S/c1-29(2)14-15-32-19-7-5-18(6-8-19)24(31)30-13-11-22-21(12-16-34-22)23(30)17-3-9-20(10-4-17)33-25(26,27)28/h3-10,12,16,23H,11,13-15H2,1-2H3. The van der Waals surface area contributed by atoms with Gasteiger partial charge in [0.1, 0.15) is 18.1 Å². The van der Waals surface area contributed by atoms with Crippen LogP contribution >= 0.6 is 11.3 Å². The number of likely N-dealkylation sites (N-methyl/N-ethyl adjacent to an activating group) is 1. The number of hydrogen-bond acceptors (Lipinski definition) is 5. The first-order chi connectivity index (χ1) is 16.2. The average Bonchev–Trinajstić information content (AvgIpc) is 3.27. The van der Waals surface area contributed by atoms with Gasteiger partial charge in [-0.15, -0.1) is 24.5 Å². The zero-order valence-electron chi connectivity index (χ0n) is 18.8. The predicted octanol–water partition coefficient (Wildman–Crippen LogP) is 5.38. The smallest absolute Gasteiger partial charge is 0.492 e. The lowest BCUT2D eigenvalue weighted by Crippen LogP contribution is -2.40. The van der Waals surface area contributed by atoms with Crippen molar-refractivity contribution in [2.45, 2.75) is 18.8 Å². The summed E-state index contributed by atoms with van der Waals surface area (Å²) >= 11 is 1.62. The number of benzene rings is 2. The summed E-state index contributed by atoms with van der Waals surface area (Å²) in [6.45, 7) is 1.84. The summed E-state index contributed by atoms with van der Waals surface area (Å²) in [4.78, 5) is 18.5. The summed E-state index contributed by atoms with van der Waals surface area (Å²) in [5.74, 6) is 0.256. The number of thiophene rings is 1. The van der Waals surface area contributed by atoms with Gasteiger partial charge in [0, 0.05) is 23.5 Å². The summed E-state index contributed by atoms with van der Waals surface area (Å²) in [5.41, 5.74) is 2.25. The Balaban J connectivity index is 1.56. The molecule has 0 aliphatic carbocycles. The van der Waals surface area contributed by atoms with E-state index in [0.29, 0.717) is 24.5 Å². The molecule has 0 saturated heterocycles. The van der Waals surface area contributed by atoms with Crippen LogP contribution in [-0.4, -0.2) is 55.9 Å². The number of ether oxygens (including phenoxy) is 2. The first-order valence-electron chi connectivity index (χ1n) is 10.8. The largest absolute Gasteiger partial charge is 0.573 e. The van der Waals surface area contributed by atoms with Crippen LogP contribution in [0.2, 0.25) is 0 Å². The number of halogens is 3. The number of alkyl halides is 3. The highest BCUT2D eigenvalue weighted by molar-refractivity contribution is 7.10. The molecule has 2 aromatic carbocycles. The number of rotatable bonds is 7. The van der Waals surface area contributed by atoms with Crippen LogP contribution in [-0.2, 0) is 6.42 Å². The second kappa shape index (κ2) is 10.1. The monoisotopic (exact) mass is 490 g/mol. The molecule has 1 unspecified atom stereocenters. The second-order valence-corrected chi connectivity index (χ2v) is 9.24. The van der Waals surface area contributed by atoms with Gasteiger partial charge in [-0.2, -0.15) is 0 Å². The van der Waals surface area contributed by atoms with Gasteiger partial charge in [-0.25, -0.2) is 0 Å². The molecule has 34 heavy (non-hydrogen) atoms. The lowest BCUT2D eigenvalue weighted by Gasteiger charge is -2.36. The summed E-state index contributed by atoms with van der Waals surface area (Å²) in [6, 6.07) is 14.4. The maximum atomic E-state index is 13.5. The zero-order chi connectivity index (χ0) is 24.3. The van der Waals surface area contributed by atoms with Gasteiger partial charge in [0.2, 0.25) is 0 Å². The van der Waals surface area contributed by atoms with E-state index in [2.05, 4.69) is 4.74 Å². The van der Waals surface area contributed by atoms with E-state index in [1.54, 1.807) is 52.6 Å². The van der Waals surface area contributed by atoms with E-state index >= 15 is 0 Å². The van der Waals surface area contributed by atoms with Crippen LogP contribution in [0.15, 0.2) is 60.0 Å². The first kappa shape index (κ1) is 24.1. The van der Waals surface area contributed by atoms with Gasteiger partial charge in [0.15, 0.2) is 0 Å². The number of carbonyl (C=O) groups excluding carboxylic acids is 1. The van der Waals surface area contributed by atoms with E-state index in [9.17, 15) is 18.0 Å². The van der Waals surface area contributed by atoms with Crippen molar-refractivity contribution in [3.63, 3.8) is 0 Å². The molecular weight excluding hydrogens is 465 g/mol. The minimum absolute atomic E-state index is 0.141. The van der Waals surface area contributed by atoms with Crippen molar-refractivity contribution in [2.75, 3.05) is 33.8 Å². The van der Waals surface area contributed by atoms with Gasteiger partial charge < -0.3 is 19.3 Å². The molecule has 1 aliphatic rings. The fourth-order valence-corrected chi connectivity index (χ4v) is 4.86. The highest BCUT2D eigenvalue weighted by atomic mass is 32.1. The van der Waals surface area contributed by atoms with Gasteiger partial charge >= 0.3 is 6.36 Å². The van der Waals surface area contributed by atoms with Crippen LogP contribution in [0.1, 0.15) is 32.4 Å². The van der Waals surface area contributed by atoms with Crippen LogP contribution in [0.5, 0.6) is 11.5 Å². The first-order valence-corrected chi connectivity index (χ1v) is 11.7. The van der Waals surface area contributed by atoms with Crippen molar-refractivity contribution in [1.82, 2.24) is 9.80 Å². The van der Waals surface area contributed by atoms with Crippen molar-refractivity contribution in [1.29, 1.82) is 0 Å². The second-order valence-electron chi connectivity index (χ2n) is 8.24. The minimum Gasteiger partial charge on any atom is -0.492 e. The molecule has 5 nitrogen and oxygen atoms in total. The van der Waals surface area contributed by atoms with Crippen LogP contribution in [0.25, 0.3) is 0 Å². The van der Waals surface area contributed by atoms with Crippen LogP contribution in [0.4, 0.5) is 13.2 Å². The highest BCUT2D eigenvalue weighted by Gasteiger charge is 2.34. The Hall–Kier alpha value is -3.04. The predicted molar refractivity (Wildman–Crippen MR) is 125 cm³/mol. The number of carbonyl (C=O) groups is 1. The third-order valence-corrected chi connectivity index (χ3v) is 6.56. The molecule has 0 fully saturated rings. The van der Waals surface area contributed by atoms with Gasteiger partial charge in [0.05, 0.1) is 6.04 Å². The Morgan fingerprint density at radius 3 is 2.38 bits per heavy atom. The van der Waals surface area contributed by atoms with E-state index in [1.807, 2.05) is 30.4 Å². The van der Waals surface area contributed by atoms with E-state index in [-0.39, 0.29) is 11.7 Å². The van der Waals surface area contributed by atoms with Crippen molar-refractivity contribution >= 4 is 17.2 Å². The van der Waals surface area contributed by atoms with E-state index in [1.165, 1.54) is 17.0 Å². The van der Waals surface area contributed by atoms with Crippen molar-refractivity contribution < 1.29 is 27.4 Å².